The van der Waals surface area contributed by atoms with Crippen LogP contribution in [0.4, 0.5) is 17.1 Å². The van der Waals surface area contributed by atoms with Crippen molar-refractivity contribution < 1.29 is 14.4 Å². The van der Waals surface area contributed by atoms with Gasteiger partial charge < -0.3 is 10.6 Å². The molecule has 0 fully saturated rings. The van der Waals surface area contributed by atoms with Crippen molar-refractivity contribution in [2.24, 2.45) is 0 Å². The third-order valence-electron chi connectivity index (χ3n) is 5.59. The third kappa shape index (κ3) is 4.28. The molecule has 3 aromatic carbocycles. The molecule has 2 N–H and O–H groups in total. The lowest BCUT2D eigenvalue weighted by molar-refractivity contribution is -0.120. The highest BCUT2D eigenvalue weighted by Crippen LogP contribution is 2.36. The summed E-state index contributed by atoms with van der Waals surface area (Å²) < 4.78 is 0. The number of amides is 3. The van der Waals surface area contributed by atoms with Gasteiger partial charge in [-0.05, 0) is 67.3 Å². The molecule has 6 nitrogen and oxygen atoms in total. The smallest absolute Gasteiger partial charge is 0.282 e. The van der Waals surface area contributed by atoms with Gasteiger partial charge in [0.2, 0.25) is 5.91 Å². The van der Waals surface area contributed by atoms with Crippen molar-refractivity contribution in [3.63, 3.8) is 0 Å². The Kier molecular flexibility index (Phi) is 5.84. The average Bonchev–Trinajstić information content (AvgIpc) is 3.01. The number of benzene rings is 3. The molecule has 3 aromatic rings. The number of carbonyl (C=O) groups excluding carboxylic acids is 3. The Bertz CT molecular complexity index is 1310. The molecule has 0 bridgehead atoms. The first kappa shape index (κ1) is 22.0. The number of anilines is 3. The lowest BCUT2D eigenvalue weighted by Gasteiger charge is -2.18. The minimum absolute atomic E-state index is 0.183. The molecule has 0 spiro atoms. The Morgan fingerprint density at radius 2 is 1.52 bits per heavy atom. The number of aryl methyl sites for hydroxylation is 3. The summed E-state index contributed by atoms with van der Waals surface area (Å²) in [6, 6.07) is 20.2. The predicted octanol–water partition coefficient (Wildman–Crippen LogP) is 4.97. The van der Waals surface area contributed by atoms with Crippen LogP contribution < -0.4 is 15.5 Å². The Morgan fingerprint density at radius 3 is 2.18 bits per heavy atom. The summed E-state index contributed by atoms with van der Waals surface area (Å²) in [6.45, 7) is 7.18. The Morgan fingerprint density at radius 1 is 0.818 bits per heavy atom. The minimum atomic E-state index is -0.405. The highest BCUT2D eigenvalue weighted by Gasteiger charge is 2.41. The number of rotatable bonds is 5. The van der Waals surface area contributed by atoms with Crippen LogP contribution in [0.25, 0.3) is 5.57 Å². The zero-order valence-electron chi connectivity index (χ0n) is 19.0. The molecule has 0 unspecified atom stereocenters. The van der Waals surface area contributed by atoms with Crippen LogP contribution in [-0.4, -0.2) is 17.7 Å². The fraction of sp³-hybridized carbons (Fsp3) is 0.148. The zero-order valence-corrected chi connectivity index (χ0v) is 19.0. The fourth-order valence-electron chi connectivity index (χ4n) is 3.86. The summed E-state index contributed by atoms with van der Waals surface area (Å²) in [4.78, 5) is 39.9. The predicted molar refractivity (Wildman–Crippen MR) is 131 cm³/mol. The number of nitrogens with zero attached hydrogens (tertiary/aromatic N) is 1. The van der Waals surface area contributed by atoms with E-state index in [0.29, 0.717) is 22.5 Å². The molecule has 1 aliphatic rings. The molecule has 3 amide bonds. The number of imide groups is 1. The summed E-state index contributed by atoms with van der Waals surface area (Å²) in [6.07, 6.45) is 0. The summed E-state index contributed by atoms with van der Waals surface area (Å²) in [5.41, 5.74) is 5.78. The van der Waals surface area contributed by atoms with Gasteiger partial charge in [0.15, 0.2) is 0 Å². The van der Waals surface area contributed by atoms with Gasteiger partial charge in [0.05, 0.1) is 11.3 Å². The highest BCUT2D eigenvalue weighted by molar-refractivity contribution is 6.46. The van der Waals surface area contributed by atoms with Crippen molar-refractivity contribution >= 4 is 40.4 Å². The van der Waals surface area contributed by atoms with E-state index in [0.717, 1.165) is 22.4 Å². The van der Waals surface area contributed by atoms with E-state index in [9.17, 15) is 14.4 Å². The van der Waals surface area contributed by atoms with Gasteiger partial charge in [-0.2, -0.15) is 0 Å². The Hall–Kier alpha value is -4.19. The van der Waals surface area contributed by atoms with Crippen LogP contribution in [0.15, 0.2) is 72.4 Å². The molecule has 0 saturated heterocycles. The number of para-hydroxylation sites is 1. The molecule has 0 atom stereocenters. The quantitative estimate of drug-likeness (QED) is 0.551. The van der Waals surface area contributed by atoms with Crippen LogP contribution in [0.5, 0.6) is 0 Å². The molecular formula is C27H25N3O3. The molecule has 33 heavy (non-hydrogen) atoms. The van der Waals surface area contributed by atoms with Gasteiger partial charge in [0.25, 0.3) is 11.8 Å². The third-order valence-corrected chi connectivity index (χ3v) is 5.59. The molecule has 4 rings (SSSR count). The van der Waals surface area contributed by atoms with Crippen molar-refractivity contribution in [1.82, 2.24) is 0 Å². The van der Waals surface area contributed by atoms with E-state index in [1.807, 2.05) is 63.2 Å². The van der Waals surface area contributed by atoms with Gasteiger partial charge in [-0.1, -0.05) is 42.5 Å². The first-order valence-electron chi connectivity index (χ1n) is 10.7. The molecule has 0 aromatic heterocycles. The highest BCUT2D eigenvalue weighted by atomic mass is 16.2. The first-order valence-corrected chi connectivity index (χ1v) is 10.7. The van der Waals surface area contributed by atoms with E-state index >= 15 is 0 Å². The molecular weight excluding hydrogens is 414 g/mol. The van der Waals surface area contributed by atoms with Crippen molar-refractivity contribution in [2.75, 3.05) is 15.5 Å². The average molecular weight is 440 g/mol. The summed E-state index contributed by atoms with van der Waals surface area (Å²) in [5.74, 6) is -0.980. The van der Waals surface area contributed by atoms with Crippen LogP contribution in [-0.2, 0) is 14.4 Å². The fourth-order valence-corrected chi connectivity index (χ4v) is 3.86. The van der Waals surface area contributed by atoms with Gasteiger partial charge in [0, 0.05) is 18.3 Å². The van der Waals surface area contributed by atoms with Crippen LogP contribution >= 0.6 is 0 Å². The van der Waals surface area contributed by atoms with Crippen molar-refractivity contribution in [2.45, 2.75) is 27.7 Å². The van der Waals surface area contributed by atoms with E-state index in [-0.39, 0.29) is 11.6 Å². The van der Waals surface area contributed by atoms with Gasteiger partial charge in [-0.15, -0.1) is 0 Å². The Labute approximate surface area is 192 Å². The first-order chi connectivity index (χ1) is 15.8. The van der Waals surface area contributed by atoms with Crippen LogP contribution in [0, 0.1) is 20.8 Å². The lowest BCUT2D eigenvalue weighted by Crippen LogP contribution is -2.33. The second-order valence-electron chi connectivity index (χ2n) is 8.18. The monoisotopic (exact) mass is 439 g/mol. The molecule has 0 saturated carbocycles. The van der Waals surface area contributed by atoms with Gasteiger partial charge in [-0.25, -0.2) is 4.90 Å². The van der Waals surface area contributed by atoms with Crippen LogP contribution in [0.2, 0.25) is 0 Å². The molecule has 6 heteroatoms. The van der Waals surface area contributed by atoms with Crippen LogP contribution in [0.3, 0.4) is 0 Å². The van der Waals surface area contributed by atoms with Gasteiger partial charge >= 0.3 is 0 Å². The van der Waals surface area contributed by atoms with Gasteiger partial charge in [0.1, 0.15) is 5.70 Å². The number of carbonyl (C=O) groups is 3. The van der Waals surface area contributed by atoms with E-state index in [1.165, 1.54) is 11.8 Å². The largest absolute Gasteiger partial charge is 0.350 e. The van der Waals surface area contributed by atoms with Crippen molar-refractivity contribution in [1.29, 1.82) is 0 Å². The number of hydrogen-bond acceptors (Lipinski definition) is 4. The maximum atomic E-state index is 13.7. The van der Waals surface area contributed by atoms with E-state index < -0.39 is 11.8 Å². The van der Waals surface area contributed by atoms with Crippen molar-refractivity contribution in [3.05, 3.63) is 94.7 Å². The zero-order chi connectivity index (χ0) is 23.7. The van der Waals surface area contributed by atoms with Crippen molar-refractivity contribution in [3.8, 4) is 0 Å². The van der Waals surface area contributed by atoms with Gasteiger partial charge in [-0.3, -0.25) is 14.4 Å². The number of nitrogens with one attached hydrogen (secondary N) is 2. The molecule has 1 aliphatic heterocycles. The summed E-state index contributed by atoms with van der Waals surface area (Å²) in [7, 11) is 0. The molecule has 166 valence electrons. The topological polar surface area (TPSA) is 78.5 Å². The van der Waals surface area contributed by atoms with E-state index in [2.05, 4.69) is 10.6 Å². The van der Waals surface area contributed by atoms with E-state index in [1.54, 1.807) is 24.3 Å². The SMILES string of the molecule is CC(=O)Nc1ccc(C2=C(Nc3ccccc3C)C(=O)N(c3cc(C)ccc3C)C2=O)cc1. The van der Waals surface area contributed by atoms with Crippen LogP contribution in [0.1, 0.15) is 29.2 Å². The summed E-state index contributed by atoms with van der Waals surface area (Å²) >= 11 is 0. The Balaban J connectivity index is 1.83. The molecule has 0 aliphatic carbocycles. The maximum Gasteiger partial charge on any atom is 0.282 e. The summed E-state index contributed by atoms with van der Waals surface area (Å²) in [5, 5.41) is 5.93. The standard InChI is InChI=1S/C27H25N3O3/c1-16-9-10-18(3)23(15-16)30-26(32)24(20-11-13-21(14-12-20)28-19(4)31)25(27(30)33)29-22-8-6-5-7-17(22)2/h5-15,29H,1-4H3,(H,28,31). The molecule has 0 radical (unpaired) electrons. The second-order valence-corrected chi connectivity index (χ2v) is 8.18. The van der Waals surface area contributed by atoms with E-state index in [4.69, 9.17) is 0 Å². The number of hydrogen-bond donors (Lipinski definition) is 2. The lowest BCUT2D eigenvalue weighted by atomic mass is 10.0. The molecule has 1 heterocycles. The minimum Gasteiger partial charge on any atom is -0.350 e. The normalized spacial score (nSPS) is 13.5. The second kappa shape index (κ2) is 8.74. The maximum absolute atomic E-state index is 13.7.